The van der Waals surface area contributed by atoms with E-state index in [0.29, 0.717) is 28.7 Å². The predicted octanol–water partition coefficient (Wildman–Crippen LogP) is 11.1. The number of aromatic nitrogens is 3. The van der Waals surface area contributed by atoms with Gasteiger partial charge in [0.05, 0.1) is 24.3 Å². The van der Waals surface area contributed by atoms with Gasteiger partial charge in [0.1, 0.15) is 17.4 Å². The van der Waals surface area contributed by atoms with Gasteiger partial charge in [-0.2, -0.15) is 0 Å². The maximum Gasteiger partial charge on any atom is 0.416 e. The molecule has 2 amide bonds. The number of nitrogens with zero attached hydrogens (tertiary/aromatic N) is 4. The number of aryl methyl sites for hydroxylation is 1. The molecule has 2 aromatic carbocycles. The van der Waals surface area contributed by atoms with Crippen molar-refractivity contribution in [2.24, 2.45) is 23.2 Å². The molecular weight excluding hydrogens is 733 g/mol. The molecule has 2 N–H and O–H groups in total. The number of carbonyl (C=O) groups is 3. The number of rotatable bonds is 12. The molecule has 12 nitrogen and oxygen atoms in total. The van der Waals surface area contributed by atoms with Crippen molar-refractivity contribution < 1.29 is 28.6 Å². The number of fused-ring (bicyclic) bond motifs is 1. The van der Waals surface area contributed by atoms with Crippen LogP contribution in [0.3, 0.4) is 0 Å². The summed E-state index contributed by atoms with van der Waals surface area (Å²) in [4.78, 5) is 51.0. The molecule has 5 rings (SSSR count). The van der Waals surface area contributed by atoms with E-state index in [-0.39, 0.29) is 51.8 Å². The van der Waals surface area contributed by atoms with Crippen molar-refractivity contribution in [2.45, 2.75) is 100 Å². The third-order valence-corrected chi connectivity index (χ3v) is 10.6. The molecule has 0 bridgehead atoms. The van der Waals surface area contributed by atoms with Crippen molar-refractivity contribution in [3.05, 3.63) is 102 Å². The number of amides is 2. The number of aromatic amines is 1. The van der Waals surface area contributed by atoms with Gasteiger partial charge in [0.25, 0.3) is 5.69 Å². The molecule has 1 fully saturated rings. The van der Waals surface area contributed by atoms with E-state index >= 15 is 0 Å². The Morgan fingerprint density at radius 3 is 2.28 bits per heavy atom. The minimum Gasteiger partial charge on any atom is -0.459 e. The van der Waals surface area contributed by atoms with Crippen LogP contribution in [0.15, 0.2) is 79.4 Å². The smallest absolute Gasteiger partial charge is 0.416 e. The van der Waals surface area contributed by atoms with Crippen LogP contribution < -0.4 is 14.8 Å². The minimum absolute atomic E-state index is 0.0181. The summed E-state index contributed by atoms with van der Waals surface area (Å²) in [7, 11) is 0. The van der Waals surface area contributed by atoms with Gasteiger partial charge in [0.2, 0.25) is 11.8 Å². The molecule has 2 heterocycles. The van der Waals surface area contributed by atoms with Crippen LogP contribution in [0.2, 0.25) is 0 Å². The lowest BCUT2D eigenvalue weighted by Crippen LogP contribution is -2.45. The highest BCUT2D eigenvalue weighted by molar-refractivity contribution is 6.05. The van der Waals surface area contributed by atoms with Crippen LogP contribution in [0.4, 0.5) is 16.2 Å². The summed E-state index contributed by atoms with van der Waals surface area (Å²) in [6, 6.07) is 11.7. The summed E-state index contributed by atoms with van der Waals surface area (Å²) in [5.74, 6) is 0.310. The SMILES string of the molecule is [C-]#[N+]c1c(C(=O)OC2C(C=C(C)C)CC(C)CC2C(C)(C)C)c2nc(-c3ccc(Oc4ccc(C)cc4)c(NC(C)=O)c3)[nH]n2c1OC(=O)N(C(C)C=C)C(C)C=C. The molecular formula is C46H56N6O6. The van der Waals surface area contributed by atoms with Gasteiger partial charge in [-0.3, -0.25) is 14.8 Å². The average Bonchev–Trinajstić information content (AvgIpc) is 3.70. The van der Waals surface area contributed by atoms with Gasteiger partial charge in [-0.25, -0.2) is 23.9 Å². The first kappa shape index (κ1) is 43.0. The van der Waals surface area contributed by atoms with E-state index in [1.807, 2.05) is 45.0 Å². The van der Waals surface area contributed by atoms with E-state index in [2.05, 4.69) is 62.2 Å². The third kappa shape index (κ3) is 9.37. The van der Waals surface area contributed by atoms with Crippen LogP contribution in [0.5, 0.6) is 17.4 Å². The lowest BCUT2D eigenvalue weighted by Gasteiger charge is -2.45. The Kier molecular flexibility index (Phi) is 13.1. The zero-order valence-corrected chi connectivity index (χ0v) is 35.3. The first-order valence-corrected chi connectivity index (χ1v) is 19.7. The van der Waals surface area contributed by atoms with E-state index in [1.54, 1.807) is 44.2 Å². The van der Waals surface area contributed by atoms with Gasteiger partial charge >= 0.3 is 12.1 Å². The van der Waals surface area contributed by atoms with Crippen molar-refractivity contribution in [1.29, 1.82) is 0 Å². The fourth-order valence-corrected chi connectivity index (χ4v) is 7.69. The number of allylic oxidation sites excluding steroid dienone is 1. The van der Waals surface area contributed by atoms with Gasteiger partial charge in [-0.1, -0.05) is 69.2 Å². The molecule has 1 saturated carbocycles. The molecule has 0 radical (unpaired) electrons. The lowest BCUT2D eigenvalue weighted by atomic mass is 9.64. The molecule has 12 heteroatoms. The largest absolute Gasteiger partial charge is 0.459 e. The molecule has 1 aliphatic rings. The Hall–Kier alpha value is -6.09. The zero-order chi connectivity index (χ0) is 42.6. The van der Waals surface area contributed by atoms with Crippen molar-refractivity contribution >= 4 is 35.0 Å². The molecule has 58 heavy (non-hydrogen) atoms. The Bertz CT molecular complexity index is 2250. The Morgan fingerprint density at radius 1 is 1.05 bits per heavy atom. The second-order valence-corrected chi connectivity index (χ2v) is 16.7. The molecule has 0 saturated heterocycles. The van der Waals surface area contributed by atoms with Gasteiger partial charge in [-0.05, 0) is 89.1 Å². The molecule has 306 valence electrons. The molecule has 1 aliphatic carbocycles. The molecule has 4 aromatic rings. The molecule has 6 atom stereocenters. The number of benzene rings is 2. The van der Waals surface area contributed by atoms with Crippen molar-refractivity contribution in [3.63, 3.8) is 0 Å². The van der Waals surface area contributed by atoms with E-state index in [1.165, 1.54) is 16.3 Å². The summed E-state index contributed by atoms with van der Waals surface area (Å²) in [6.45, 7) is 35.7. The van der Waals surface area contributed by atoms with Gasteiger partial charge in [0, 0.05) is 24.3 Å². The highest BCUT2D eigenvalue weighted by atomic mass is 16.6. The van der Waals surface area contributed by atoms with E-state index in [0.717, 1.165) is 24.0 Å². The summed E-state index contributed by atoms with van der Waals surface area (Å²) < 4.78 is 20.0. The average molecular weight is 789 g/mol. The standard InChI is InChI=1S/C46H56N6O6/c1-14-29(7)51(30(8)15-2)45(55)58-43-39(47-13)38(44(54)57-40-33(22-26(3)4)23-28(6)24-35(40)46(10,11)12)42-49-41(50-52(42)43)32-18-21-37(36(25-32)48-31(9)53)56-34-19-16-27(5)17-20-34/h14-22,25,28-30,33,35,40H,1-2,23-24H2,3-12H3,(H,48,53)(H,49,50). The first-order chi connectivity index (χ1) is 27.4. The fourth-order valence-electron chi connectivity index (χ4n) is 7.69. The van der Waals surface area contributed by atoms with Crippen LogP contribution in [0.25, 0.3) is 21.9 Å². The fraction of sp³-hybridized carbons (Fsp3) is 0.413. The molecule has 6 unspecified atom stereocenters. The Balaban J connectivity index is 1.68. The number of hydrogen-bond donors (Lipinski definition) is 2. The number of carbonyl (C=O) groups excluding carboxylic acids is 3. The van der Waals surface area contributed by atoms with Crippen LogP contribution in [0, 0.1) is 36.7 Å². The van der Waals surface area contributed by atoms with E-state index in [4.69, 9.17) is 25.8 Å². The molecule has 0 spiro atoms. The predicted molar refractivity (Wildman–Crippen MR) is 227 cm³/mol. The highest BCUT2D eigenvalue weighted by Crippen LogP contribution is 2.47. The van der Waals surface area contributed by atoms with Crippen molar-refractivity contribution in [3.8, 4) is 28.8 Å². The summed E-state index contributed by atoms with van der Waals surface area (Å²) >= 11 is 0. The lowest BCUT2D eigenvalue weighted by molar-refractivity contribution is -0.114. The second-order valence-electron chi connectivity index (χ2n) is 16.7. The first-order valence-electron chi connectivity index (χ1n) is 19.7. The number of nitrogens with one attached hydrogen (secondary N) is 2. The third-order valence-electron chi connectivity index (χ3n) is 10.6. The van der Waals surface area contributed by atoms with Gasteiger partial charge in [0.15, 0.2) is 17.2 Å². The Morgan fingerprint density at radius 2 is 1.71 bits per heavy atom. The monoisotopic (exact) mass is 788 g/mol. The maximum atomic E-state index is 14.7. The molecule has 2 aromatic heterocycles. The van der Waals surface area contributed by atoms with Crippen LogP contribution in [0.1, 0.15) is 91.1 Å². The minimum atomic E-state index is -0.789. The van der Waals surface area contributed by atoms with Crippen molar-refractivity contribution in [2.75, 3.05) is 5.32 Å². The van der Waals surface area contributed by atoms with Gasteiger partial charge in [-0.15, -0.1) is 13.2 Å². The number of anilines is 1. The van der Waals surface area contributed by atoms with E-state index < -0.39 is 30.3 Å². The maximum absolute atomic E-state index is 14.7. The van der Waals surface area contributed by atoms with Crippen LogP contribution >= 0.6 is 0 Å². The molecule has 0 aliphatic heterocycles. The normalized spacial score (nSPS) is 18.9. The highest BCUT2D eigenvalue weighted by Gasteiger charge is 2.44. The number of hydrogen-bond acceptors (Lipinski definition) is 7. The number of ether oxygens (including phenoxy) is 3. The Labute approximate surface area is 341 Å². The summed E-state index contributed by atoms with van der Waals surface area (Å²) in [5, 5.41) is 5.98. The van der Waals surface area contributed by atoms with Gasteiger partial charge < -0.3 is 19.5 Å². The number of H-pyrrole nitrogens is 1. The summed E-state index contributed by atoms with van der Waals surface area (Å²) in [6.07, 6.45) is 5.79. The quantitative estimate of drug-likeness (QED) is 0.0830. The number of esters is 1. The van der Waals surface area contributed by atoms with Crippen molar-refractivity contribution in [1.82, 2.24) is 19.5 Å². The zero-order valence-electron chi connectivity index (χ0n) is 35.3. The summed E-state index contributed by atoms with van der Waals surface area (Å²) in [5.41, 5.74) is 2.54. The topological polar surface area (TPSA) is 132 Å². The van der Waals surface area contributed by atoms with E-state index in [9.17, 15) is 14.4 Å². The van der Waals surface area contributed by atoms with Crippen LogP contribution in [-0.2, 0) is 9.53 Å². The van der Waals surface area contributed by atoms with Crippen LogP contribution in [-0.4, -0.2) is 55.7 Å². The second kappa shape index (κ2) is 17.6.